The van der Waals surface area contributed by atoms with Crippen LogP contribution in [0.25, 0.3) is 11.0 Å². The van der Waals surface area contributed by atoms with E-state index in [1.54, 1.807) is 17.8 Å². The number of hydrogen-bond donors (Lipinski definition) is 1. The van der Waals surface area contributed by atoms with Crippen molar-refractivity contribution in [2.24, 2.45) is 0 Å². The van der Waals surface area contributed by atoms with E-state index in [9.17, 15) is 19.5 Å². The van der Waals surface area contributed by atoms with Crippen molar-refractivity contribution in [1.82, 2.24) is 0 Å². The highest BCUT2D eigenvalue weighted by atomic mass is 32.2. The number of ether oxygens (including phenoxy) is 1. The van der Waals surface area contributed by atoms with Gasteiger partial charge in [0.2, 0.25) is 5.76 Å². The first-order chi connectivity index (χ1) is 18.9. The molecule has 0 aliphatic rings. The molecule has 1 atom stereocenters. The van der Waals surface area contributed by atoms with Crippen LogP contribution in [0.5, 0.6) is 0 Å². The van der Waals surface area contributed by atoms with Crippen molar-refractivity contribution in [3.05, 3.63) is 75.1 Å². The number of thioether (sulfide) groups is 2. The standard InChI is InChI=1S/C31H38O6S2/c1-4-6-17-38-20-21-11-9-12-22(18-21)27(13-7-8-14-29(33)36-3)39-28-16-15-23-25(32)19-26(31(34)35)37-30(23)24(28)10-5-2/h9,11-12,15-16,18-19,27H,4-8,10,13-14,17,20H2,1-3H3,(H,34,35). The maximum absolute atomic E-state index is 12.7. The molecule has 39 heavy (non-hydrogen) atoms. The minimum Gasteiger partial charge on any atom is -0.475 e. The van der Waals surface area contributed by atoms with Crippen molar-refractivity contribution >= 4 is 46.4 Å². The van der Waals surface area contributed by atoms with Gasteiger partial charge in [0, 0.05) is 33.9 Å². The van der Waals surface area contributed by atoms with E-state index in [-0.39, 0.29) is 22.4 Å². The first-order valence-corrected chi connectivity index (χ1v) is 15.6. The Bertz CT molecular complexity index is 1320. The Balaban J connectivity index is 1.96. The number of hydrogen-bond acceptors (Lipinski definition) is 7. The summed E-state index contributed by atoms with van der Waals surface area (Å²) in [6, 6.07) is 13.5. The molecule has 0 aliphatic heterocycles. The van der Waals surface area contributed by atoms with Crippen LogP contribution in [0.1, 0.15) is 91.3 Å². The molecule has 210 valence electrons. The first kappa shape index (κ1) is 30.8. The van der Waals surface area contributed by atoms with Crippen LogP contribution < -0.4 is 5.43 Å². The van der Waals surface area contributed by atoms with Crippen LogP contribution in [0.2, 0.25) is 0 Å². The Labute approximate surface area is 238 Å². The highest BCUT2D eigenvalue weighted by molar-refractivity contribution is 7.99. The molecule has 2 aromatic carbocycles. The fraction of sp³-hybridized carbons (Fsp3) is 0.452. The number of carbonyl (C=O) groups excluding carboxylic acids is 1. The van der Waals surface area contributed by atoms with E-state index in [0.29, 0.717) is 23.8 Å². The Kier molecular flexibility index (Phi) is 12.5. The van der Waals surface area contributed by atoms with Gasteiger partial charge in [-0.2, -0.15) is 11.8 Å². The van der Waals surface area contributed by atoms with Crippen LogP contribution in [0.4, 0.5) is 0 Å². The van der Waals surface area contributed by atoms with Crippen molar-refractivity contribution < 1.29 is 23.8 Å². The zero-order valence-corrected chi connectivity index (χ0v) is 24.6. The SMILES string of the molecule is CCCCSCc1cccc(C(CCCCC(=O)OC)Sc2ccc3c(=O)cc(C(=O)O)oc3c2CCC)c1. The Morgan fingerprint density at radius 2 is 1.87 bits per heavy atom. The van der Waals surface area contributed by atoms with Gasteiger partial charge in [0.1, 0.15) is 5.58 Å². The minimum absolute atomic E-state index is 0.116. The van der Waals surface area contributed by atoms with Crippen molar-refractivity contribution in [2.45, 2.75) is 81.1 Å². The number of aryl methyl sites for hydroxylation is 1. The summed E-state index contributed by atoms with van der Waals surface area (Å²) in [6.45, 7) is 4.26. The predicted molar refractivity (Wildman–Crippen MR) is 160 cm³/mol. The third-order valence-electron chi connectivity index (χ3n) is 6.50. The van der Waals surface area contributed by atoms with Gasteiger partial charge in [-0.15, -0.1) is 11.8 Å². The molecule has 0 fully saturated rings. The summed E-state index contributed by atoms with van der Waals surface area (Å²) in [5, 5.41) is 9.99. The van der Waals surface area contributed by atoms with E-state index < -0.39 is 5.97 Å². The van der Waals surface area contributed by atoms with E-state index in [2.05, 4.69) is 38.1 Å². The van der Waals surface area contributed by atoms with Gasteiger partial charge in [0.05, 0.1) is 12.5 Å². The van der Waals surface area contributed by atoms with Gasteiger partial charge in [0.25, 0.3) is 0 Å². The average Bonchev–Trinajstić information content (AvgIpc) is 2.93. The molecule has 8 heteroatoms. The Morgan fingerprint density at radius 1 is 1.05 bits per heavy atom. The van der Waals surface area contributed by atoms with E-state index in [1.165, 1.54) is 31.1 Å². The molecule has 1 aromatic heterocycles. The molecule has 3 rings (SSSR count). The molecule has 0 aliphatic carbocycles. The van der Waals surface area contributed by atoms with Crippen LogP contribution in [0.15, 0.2) is 56.6 Å². The molecule has 1 heterocycles. The van der Waals surface area contributed by atoms with Crippen LogP contribution >= 0.6 is 23.5 Å². The molecule has 0 amide bonds. The molecule has 0 saturated heterocycles. The highest BCUT2D eigenvalue weighted by Crippen LogP contribution is 2.43. The van der Waals surface area contributed by atoms with Gasteiger partial charge >= 0.3 is 11.9 Å². The molecule has 3 aromatic rings. The second-order valence-corrected chi connectivity index (χ2v) is 11.9. The number of methoxy groups -OCH3 is 1. The maximum atomic E-state index is 12.7. The molecule has 1 N–H and O–H groups in total. The summed E-state index contributed by atoms with van der Waals surface area (Å²) < 4.78 is 10.6. The highest BCUT2D eigenvalue weighted by Gasteiger charge is 2.20. The molecule has 1 unspecified atom stereocenters. The molecule has 0 spiro atoms. The zero-order valence-electron chi connectivity index (χ0n) is 23.0. The van der Waals surface area contributed by atoms with E-state index in [0.717, 1.165) is 53.7 Å². The second-order valence-electron chi connectivity index (χ2n) is 9.53. The molecule has 0 bridgehead atoms. The van der Waals surface area contributed by atoms with Crippen molar-refractivity contribution in [3.63, 3.8) is 0 Å². The van der Waals surface area contributed by atoms with E-state index in [4.69, 9.17) is 9.15 Å². The second kappa shape index (κ2) is 15.8. The molecule has 6 nitrogen and oxygen atoms in total. The van der Waals surface area contributed by atoms with Crippen molar-refractivity contribution in [3.8, 4) is 0 Å². The first-order valence-electron chi connectivity index (χ1n) is 13.6. The van der Waals surface area contributed by atoms with Crippen molar-refractivity contribution in [2.75, 3.05) is 12.9 Å². The summed E-state index contributed by atoms with van der Waals surface area (Å²) in [4.78, 5) is 36.9. The normalized spacial score (nSPS) is 12.0. The fourth-order valence-corrected chi connectivity index (χ4v) is 6.84. The number of carboxylic acids is 1. The van der Waals surface area contributed by atoms with Crippen molar-refractivity contribution in [1.29, 1.82) is 0 Å². The molecular weight excluding hydrogens is 532 g/mol. The lowest BCUT2D eigenvalue weighted by molar-refractivity contribution is -0.140. The van der Waals surface area contributed by atoms with Crippen LogP contribution in [-0.2, 0) is 21.7 Å². The summed E-state index contributed by atoms with van der Waals surface area (Å²) in [6.07, 6.45) is 6.74. The third kappa shape index (κ3) is 8.90. The van der Waals surface area contributed by atoms with E-state index in [1.807, 2.05) is 17.8 Å². The number of esters is 1. The van der Waals surface area contributed by atoms with Crippen LogP contribution in [0, 0.1) is 0 Å². The van der Waals surface area contributed by atoms with E-state index >= 15 is 0 Å². The van der Waals surface area contributed by atoms with Crippen LogP contribution in [-0.4, -0.2) is 29.9 Å². The summed E-state index contributed by atoms with van der Waals surface area (Å²) >= 11 is 3.67. The minimum atomic E-state index is -1.26. The van der Waals surface area contributed by atoms with Gasteiger partial charge in [-0.1, -0.05) is 57.4 Å². The lowest BCUT2D eigenvalue weighted by Crippen LogP contribution is -2.08. The number of aromatic carboxylic acids is 1. The number of carbonyl (C=O) groups is 2. The number of fused-ring (bicyclic) bond motifs is 1. The molecule has 0 saturated carbocycles. The quantitative estimate of drug-likeness (QED) is 0.105. The smallest absolute Gasteiger partial charge is 0.371 e. The van der Waals surface area contributed by atoms with Gasteiger partial charge in [-0.25, -0.2) is 4.79 Å². The van der Waals surface area contributed by atoms with Gasteiger partial charge in [-0.05, 0) is 54.7 Å². The molecular formula is C31H38O6S2. The summed E-state index contributed by atoms with van der Waals surface area (Å²) in [5.41, 5.74) is 3.38. The maximum Gasteiger partial charge on any atom is 0.371 e. The Morgan fingerprint density at radius 3 is 2.59 bits per heavy atom. The number of unbranched alkanes of at least 4 members (excludes halogenated alkanes) is 2. The van der Waals surface area contributed by atoms with Gasteiger partial charge in [-0.3, -0.25) is 9.59 Å². The Hall–Kier alpha value is -2.71. The monoisotopic (exact) mass is 570 g/mol. The largest absolute Gasteiger partial charge is 0.475 e. The van der Waals surface area contributed by atoms with Gasteiger partial charge < -0.3 is 14.3 Å². The third-order valence-corrected chi connectivity index (χ3v) is 9.04. The number of rotatable bonds is 16. The topological polar surface area (TPSA) is 93.8 Å². The summed E-state index contributed by atoms with van der Waals surface area (Å²) in [5.74, 6) is 0.307. The number of carboxylic acid groups (broad SMARTS) is 1. The lowest BCUT2D eigenvalue weighted by atomic mass is 10.0. The average molecular weight is 571 g/mol. The fourth-order valence-electron chi connectivity index (χ4n) is 4.43. The van der Waals surface area contributed by atoms with Crippen LogP contribution in [0.3, 0.4) is 0 Å². The van der Waals surface area contributed by atoms with Gasteiger partial charge in [0.15, 0.2) is 5.43 Å². The lowest BCUT2D eigenvalue weighted by Gasteiger charge is -2.20. The zero-order chi connectivity index (χ0) is 28.2. The predicted octanol–water partition coefficient (Wildman–Crippen LogP) is 8.04. The number of benzene rings is 2. The summed E-state index contributed by atoms with van der Waals surface area (Å²) in [7, 11) is 1.41. The molecule has 0 radical (unpaired) electrons.